The van der Waals surface area contributed by atoms with Crippen LogP contribution in [-0.2, 0) is 0 Å². The highest BCUT2D eigenvalue weighted by Gasteiger charge is 2.13. The number of hydrogen-bond acceptors (Lipinski definition) is 5. The van der Waals surface area contributed by atoms with Crippen molar-refractivity contribution in [3.63, 3.8) is 0 Å². The smallest absolute Gasteiger partial charge is 0.195 e. The molecule has 0 fully saturated rings. The van der Waals surface area contributed by atoms with E-state index in [0.717, 1.165) is 10.0 Å². The van der Waals surface area contributed by atoms with Crippen LogP contribution >= 0.6 is 15.9 Å². The third-order valence-corrected chi connectivity index (χ3v) is 2.16. The summed E-state index contributed by atoms with van der Waals surface area (Å²) in [7, 11) is 0. The molecule has 14 heavy (non-hydrogen) atoms. The van der Waals surface area contributed by atoms with Crippen LogP contribution in [0.1, 0.15) is 17.4 Å². The molecule has 0 aliphatic carbocycles. The van der Waals surface area contributed by atoms with E-state index in [-0.39, 0.29) is 0 Å². The number of nitrogens with two attached hydrogens (primary N) is 1. The van der Waals surface area contributed by atoms with Gasteiger partial charge in [0.1, 0.15) is 0 Å². The molecule has 0 aliphatic heterocycles. The van der Waals surface area contributed by atoms with Gasteiger partial charge < -0.3 is 5.73 Å². The lowest BCUT2D eigenvalue weighted by atomic mass is 10.1. The van der Waals surface area contributed by atoms with Crippen molar-refractivity contribution in [1.82, 2.24) is 25.6 Å². The van der Waals surface area contributed by atoms with Gasteiger partial charge in [0.15, 0.2) is 5.82 Å². The predicted octanol–water partition coefficient (Wildman–Crippen LogP) is 0.405. The largest absolute Gasteiger partial charge is 0.317 e. The number of nitrogens with zero attached hydrogens (tertiary/aromatic N) is 4. The lowest BCUT2D eigenvalue weighted by molar-refractivity contribution is 0.780. The van der Waals surface area contributed by atoms with E-state index in [1.54, 1.807) is 12.4 Å². The van der Waals surface area contributed by atoms with Gasteiger partial charge in [-0.3, -0.25) is 4.98 Å². The number of rotatable bonds is 2. The molecule has 0 radical (unpaired) electrons. The Labute approximate surface area is 88.1 Å². The molecule has 0 bridgehead atoms. The van der Waals surface area contributed by atoms with E-state index in [1.807, 2.05) is 6.07 Å². The Bertz CT molecular complexity index is 414. The van der Waals surface area contributed by atoms with E-state index in [4.69, 9.17) is 5.73 Å². The summed E-state index contributed by atoms with van der Waals surface area (Å²) in [6.45, 7) is 0. The molecular weight excluding hydrogens is 248 g/mol. The molecule has 0 aliphatic rings. The number of hydrogen-bond donors (Lipinski definition) is 2. The fourth-order valence-electron chi connectivity index (χ4n) is 1.05. The Balaban J connectivity index is 2.32. The molecule has 2 aromatic rings. The standard InChI is InChI=1S/C7H7BrN6/c8-5-1-4(2-10-3-5)6(9)7-11-13-14-12-7/h1-3,6H,9H2,(H,11,12,13,14). The summed E-state index contributed by atoms with van der Waals surface area (Å²) >= 11 is 3.31. The zero-order valence-electron chi connectivity index (χ0n) is 7.05. The Hall–Kier alpha value is -1.34. The van der Waals surface area contributed by atoms with Gasteiger partial charge >= 0.3 is 0 Å². The Morgan fingerprint density at radius 3 is 2.93 bits per heavy atom. The molecule has 72 valence electrons. The Morgan fingerprint density at radius 2 is 2.29 bits per heavy atom. The van der Waals surface area contributed by atoms with E-state index in [9.17, 15) is 0 Å². The highest BCUT2D eigenvalue weighted by Crippen LogP contribution is 2.17. The van der Waals surface area contributed by atoms with Crippen LogP contribution in [0.25, 0.3) is 0 Å². The quantitative estimate of drug-likeness (QED) is 0.810. The van der Waals surface area contributed by atoms with Crippen molar-refractivity contribution in [3.8, 4) is 0 Å². The van der Waals surface area contributed by atoms with Crippen molar-refractivity contribution in [2.24, 2.45) is 5.73 Å². The second-order valence-corrected chi connectivity index (χ2v) is 3.60. The topological polar surface area (TPSA) is 93.4 Å². The van der Waals surface area contributed by atoms with Crippen molar-refractivity contribution >= 4 is 15.9 Å². The lowest BCUT2D eigenvalue weighted by Gasteiger charge is -2.06. The first-order chi connectivity index (χ1) is 6.77. The SMILES string of the molecule is NC(c1cncc(Br)c1)c1nn[nH]n1. The molecule has 6 nitrogen and oxygen atoms in total. The van der Waals surface area contributed by atoms with Gasteiger partial charge in [-0.15, -0.1) is 10.2 Å². The summed E-state index contributed by atoms with van der Waals surface area (Å²) in [6.07, 6.45) is 3.36. The highest BCUT2D eigenvalue weighted by atomic mass is 79.9. The molecule has 2 rings (SSSR count). The van der Waals surface area contributed by atoms with Crippen LogP contribution in [-0.4, -0.2) is 25.6 Å². The average Bonchev–Trinajstić information content (AvgIpc) is 2.69. The summed E-state index contributed by atoms with van der Waals surface area (Å²) in [6, 6.07) is 1.47. The molecule has 0 saturated heterocycles. The van der Waals surface area contributed by atoms with Crippen LogP contribution in [0.3, 0.4) is 0 Å². The first-order valence-corrected chi connectivity index (χ1v) is 4.66. The van der Waals surface area contributed by atoms with E-state index >= 15 is 0 Å². The Morgan fingerprint density at radius 1 is 1.43 bits per heavy atom. The molecule has 2 aromatic heterocycles. The number of tetrazole rings is 1. The summed E-state index contributed by atoms with van der Waals surface area (Å²) in [5, 5.41) is 13.4. The molecule has 0 spiro atoms. The van der Waals surface area contributed by atoms with Crippen molar-refractivity contribution in [2.75, 3.05) is 0 Å². The molecule has 0 aromatic carbocycles. The maximum absolute atomic E-state index is 5.88. The van der Waals surface area contributed by atoms with Gasteiger partial charge in [0.25, 0.3) is 0 Å². The van der Waals surface area contributed by atoms with Gasteiger partial charge in [-0.1, -0.05) is 5.21 Å². The summed E-state index contributed by atoms with van der Waals surface area (Å²) < 4.78 is 0.869. The molecular formula is C7H7BrN6. The Kier molecular flexibility index (Phi) is 2.51. The lowest BCUT2D eigenvalue weighted by Crippen LogP contribution is -2.14. The zero-order chi connectivity index (χ0) is 9.97. The number of halogens is 1. The van der Waals surface area contributed by atoms with E-state index in [0.29, 0.717) is 5.82 Å². The van der Waals surface area contributed by atoms with Crippen molar-refractivity contribution < 1.29 is 0 Å². The second kappa shape index (κ2) is 3.81. The van der Waals surface area contributed by atoms with Gasteiger partial charge in [0.2, 0.25) is 0 Å². The first kappa shape index (κ1) is 9.22. The highest BCUT2D eigenvalue weighted by molar-refractivity contribution is 9.10. The van der Waals surface area contributed by atoms with Crippen molar-refractivity contribution in [1.29, 1.82) is 0 Å². The molecule has 3 N–H and O–H groups in total. The zero-order valence-corrected chi connectivity index (χ0v) is 8.64. The minimum Gasteiger partial charge on any atom is -0.317 e. The molecule has 1 unspecified atom stereocenters. The number of pyridine rings is 1. The van der Waals surface area contributed by atoms with Crippen LogP contribution in [0, 0.1) is 0 Å². The van der Waals surface area contributed by atoms with Crippen LogP contribution in [0.15, 0.2) is 22.9 Å². The summed E-state index contributed by atoms with van der Waals surface area (Å²) in [5.74, 6) is 0.449. The monoisotopic (exact) mass is 254 g/mol. The van der Waals surface area contributed by atoms with Crippen LogP contribution in [0.5, 0.6) is 0 Å². The second-order valence-electron chi connectivity index (χ2n) is 2.68. The minimum absolute atomic E-state index is 0.404. The maximum Gasteiger partial charge on any atom is 0.195 e. The minimum atomic E-state index is -0.404. The number of aromatic amines is 1. The van der Waals surface area contributed by atoms with Crippen molar-refractivity contribution in [2.45, 2.75) is 6.04 Å². The number of H-pyrrole nitrogens is 1. The fourth-order valence-corrected chi connectivity index (χ4v) is 1.43. The molecule has 7 heteroatoms. The van der Waals surface area contributed by atoms with E-state index < -0.39 is 6.04 Å². The summed E-state index contributed by atoms with van der Waals surface area (Å²) in [4.78, 5) is 4.00. The third-order valence-electron chi connectivity index (χ3n) is 1.73. The van der Waals surface area contributed by atoms with E-state index in [1.165, 1.54) is 0 Å². The first-order valence-electron chi connectivity index (χ1n) is 3.87. The van der Waals surface area contributed by atoms with Gasteiger partial charge in [0, 0.05) is 16.9 Å². The van der Waals surface area contributed by atoms with E-state index in [2.05, 4.69) is 41.5 Å². The molecule has 0 saturated carbocycles. The van der Waals surface area contributed by atoms with Gasteiger partial charge in [-0.2, -0.15) is 5.21 Å². The molecule has 1 atom stereocenters. The predicted molar refractivity (Wildman–Crippen MR) is 52.1 cm³/mol. The third kappa shape index (κ3) is 1.78. The molecule has 0 amide bonds. The van der Waals surface area contributed by atoms with Gasteiger partial charge in [0.05, 0.1) is 6.04 Å². The number of nitrogens with one attached hydrogen (secondary N) is 1. The van der Waals surface area contributed by atoms with Crippen LogP contribution in [0.4, 0.5) is 0 Å². The van der Waals surface area contributed by atoms with Crippen LogP contribution < -0.4 is 5.73 Å². The fraction of sp³-hybridized carbons (Fsp3) is 0.143. The normalized spacial score (nSPS) is 12.7. The van der Waals surface area contributed by atoms with Crippen LogP contribution in [0.2, 0.25) is 0 Å². The maximum atomic E-state index is 5.88. The van der Waals surface area contributed by atoms with Gasteiger partial charge in [-0.25, -0.2) is 0 Å². The molecule has 2 heterocycles. The van der Waals surface area contributed by atoms with Gasteiger partial charge in [-0.05, 0) is 27.6 Å². The van der Waals surface area contributed by atoms with Crippen molar-refractivity contribution in [3.05, 3.63) is 34.3 Å². The average molecular weight is 255 g/mol. The summed E-state index contributed by atoms with van der Waals surface area (Å²) in [5.41, 5.74) is 6.72. The number of aromatic nitrogens is 5.